The number of piperidine rings is 2. The zero-order chi connectivity index (χ0) is 35.5. The Morgan fingerprint density at radius 3 is 2.10 bits per heavy atom. The summed E-state index contributed by atoms with van der Waals surface area (Å²) in [5, 5.41) is 1.49. The van der Waals surface area contributed by atoms with E-state index in [9.17, 15) is 13.2 Å². The molecule has 3 saturated heterocycles. The first kappa shape index (κ1) is 37.2. The van der Waals surface area contributed by atoms with E-state index in [0.717, 1.165) is 49.6 Å². The third kappa shape index (κ3) is 8.73. The molecule has 4 heterocycles. The number of rotatable bonds is 11. The Balaban J connectivity index is 1.17. The highest BCUT2D eigenvalue weighted by atomic mass is 32.2. The van der Waals surface area contributed by atoms with Gasteiger partial charge in [0.25, 0.3) is 0 Å². The molecule has 273 valence electrons. The van der Waals surface area contributed by atoms with Crippen LogP contribution >= 0.6 is 0 Å². The van der Waals surface area contributed by atoms with Crippen molar-refractivity contribution in [2.75, 3.05) is 70.4 Å². The van der Waals surface area contributed by atoms with Gasteiger partial charge in [0.15, 0.2) is 0 Å². The van der Waals surface area contributed by atoms with Crippen molar-refractivity contribution >= 4 is 40.7 Å². The molecular formula is C39H57N5O4SSi-. The van der Waals surface area contributed by atoms with E-state index in [-0.39, 0.29) is 15.2 Å². The van der Waals surface area contributed by atoms with E-state index in [2.05, 4.69) is 52.3 Å². The summed E-state index contributed by atoms with van der Waals surface area (Å²) in [5.41, 5.74) is 1.39. The molecule has 0 aliphatic carbocycles. The summed E-state index contributed by atoms with van der Waals surface area (Å²) in [6, 6.07) is 13.5. The SMILES string of the molecule is CCCCN1CCN(C2CCN(C3CCN(c4c(S(=O)(=O)c5ccc(OCC(C)(C)C)cc5)cnc5ccc([Si](C)[O-])cc45)CC3)CC2)CC1. The molecule has 0 amide bonds. The molecule has 6 rings (SSSR count). The molecule has 3 aliphatic heterocycles. The van der Waals surface area contributed by atoms with Crippen LogP contribution in [0.15, 0.2) is 58.5 Å². The van der Waals surface area contributed by atoms with Gasteiger partial charge in [0.2, 0.25) is 9.84 Å². The number of hydrogen-bond donors (Lipinski definition) is 0. The second-order valence-electron chi connectivity index (χ2n) is 15.8. The van der Waals surface area contributed by atoms with E-state index < -0.39 is 18.9 Å². The predicted molar refractivity (Wildman–Crippen MR) is 203 cm³/mol. The van der Waals surface area contributed by atoms with Gasteiger partial charge >= 0.3 is 0 Å². The molecule has 3 fully saturated rings. The van der Waals surface area contributed by atoms with Crippen LogP contribution in [-0.4, -0.2) is 115 Å². The smallest absolute Gasteiger partial charge is 0.210 e. The van der Waals surface area contributed by atoms with Crippen LogP contribution in [0.1, 0.15) is 66.2 Å². The van der Waals surface area contributed by atoms with Crippen molar-refractivity contribution in [2.45, 2.75) is 94.6 Å². The van der Waals surface area contributed by atoms with Gasteiger partial charge in [-0.25, -0.2) is 8.42 Å². The van der Waals surface area contributed by atoms with E-state index in [1.165, 1.54) is 64.6 Å². The lowest BCUT2D eigenvalue weighted by Gasteiger charge is -2.46. The Morgan fingerprint density at radius 2 is 1.50 bits per heavy atom. The van der Waals surface area contributed by atoms with Gasteiger partial charge in [-0.15, -0.1) is 0 Å². The van der Waals surface area contributed by atoms with Crippen LogP contribution in [0.5, 0.6) is 5.75 Å². The van der Waals surface area contributed by atoms with E-state index in [1.54, 1.807) is 30.8 Å². The van der Waals surface area contributed by atoms with Gasteiger partial charge < -0.3 is 24.2 Å². The molecule has 0 saturated carbocycles. The maximum Gasteiger partial charge on any atom is 0.210 e. The number of likely N-dealkylation sites (tertiary alicyclic amines) is 1. The topological polar surface area (TPSA) is 92.3 Å². The Kier molecular flexibility index (Phi) is 11.9. The van der Waals surface area contributed by atoms with Gasteiger partial charge in [0.1, 0.15) is 10.6 Å². The minimum absolute atomic E-state index is 0.00752. The van der Waals surface area contributed by atoms with Gasteiger partial charge in [-0.05, 0) is 96.5 Å². The third-order valence-electron chi connectivity index (χ3n) is 10.9. The first-order valence-corrected chi connectivity index (χ1v) is 22.2. The molecule has 9 nitrogen and oxygen atoms in total. The van der Waals surface area contributed by atoms with Crippen molar-refractivity contribution in [1.82, 2.24) is 19.7 Å². The number of sulfone groups is 1. The number of ether oxygens (including phenoxy) is 1. The molecule has 1 radical (unpaired) electrons. The standard InChI is InChI=1S/C39H57N5O4SSi/c1-6-7-18-41-23-25-43(26-24-41)31-14-19-42(20-15-31)30-16-21-44(22-17-30)38-35-27-34(50(5)47)12-13-36(35)40-28-37(38)49(45,46)33-10-8-32(9-11-33)48-29-39(2,3)4/h8-13,27-28,30-31H,6-7,14-26,29H2,1-5H3/q-1. The number of unbranched alkanes of at least 4 members (excludes halogenated alkanes) is 1. The lowest BCUT2D eigenvalue weighted by molar-refractivity contribution is -0.187. The minimum Gasteiger partial charge on any atom is -0.857 e. The number of benzene rings is 2. The molecule has 0 bridgehead atoms. The molecule has 3 aromatic rings. The molecule has 11 heteroatoms. The quantitative estimate of drug-likeness (QED) is 0.265. The summed E-state index contributed by atoms with van der Waals surface area (Å²) in [7, 11) is -5.89. The summed E-state index contributed by atoms with van der Waals surface area (Å²) in [4.78, 5) is 28.0. The number of nitrogens with zero attached hydrogens (tertiary/aromatic N) is 5. The number of hydrogen-bond acceptors (Lipinski definition) is 9. The Bertz CT molecular complexity index is 1670. The average Bonchev–Trinajstić information content (AvgIpc) is 3.12. The van der Waals surface area contributed by atoms with Crippen LogP contribution in [0.2, 0.25) is 6.55 Å². The zero-order valence-electron chi connectivity index (χ0n) is 30.9. The highest BCUT2D eigenvalue weighted by Gasteiger charge is 2.34. The van der Waals surface area contributed by atoms with Crippen LogP contribution in [-0.2, 0) is 9.84 Å². The molecule has 0 atom stereocenters. The number of pyridine rings is 1. The molecule has 0 N–H and O–H groups in total. The van der Waals surface area contributed by atoms with E-state index in [4.69, 9.17) is 4.74 Å². The van der Waals surface area contributed by atoms with Gasteiger partial charge in [-0.3, -0.25) is 9.88 Å². The average molecular weight is 720 g/mol. The predicted octanol–water partition coefficient (Wildman–Crippen LogP) is 4.53. The molecular weight excluding hydrogens is 663 g/mol. The van der Waals surface area contributed by atoms with Crippen molar-refractivity contribution in [1.29, 1.82) is 0 Å². The van der Waals surface area contributed by atoms with E-state index in [1.807, 2.05) is 18.2 Å². The van der Waals surface area contributed by atoms with Crippen LogP contribution in [0, 0.1) is 5.41 Å². The minimum atomic E-state index is -3.91. The number of aromatic nitrogens is 1. The third-order valence-corrected chi connectivity index (χ3v) is 13.7. The Labute approximate surface area is 302 Å². The van der Waals surface area contributed by atoms with Crippen LogP contribution < -0.4 is 19.6 Å². The molecule has 50 heavy (non-hydrogen) atoms. The van der Waals surface area contributed by atoms with Gasteiger partial charge in [-0.1, -0.05) is 58.0 Å². The van der Waals surface area contributed by atoms with Gasteiger partial charge in [0, 0.05) is 62.9 Å². The van der Waals surface area contributed by atoms with E-state index in [0.29, 0.717) is 35.6 Å². The Morgan fingerprint density at radius 1 is 0.880 bits per heavy atom. The van der Waals surface area contributed by atoms with Crippen molar-refractivity contribution in [3.63, 3.8) is 0 Å². The van der Waals surface area contributed by atoms with Crippen LogP contribution in [0.3, 0.4) is 0 Å². The summed E-state index contributed by atoms with van der Waals surface area (Å²) in [6.45, 7) is 20.7. The van der Waals surface area contributed by atoms with Crippen molar-refractivity contribution in [3.8, 4) is 5.75 Å². The normalized spacial score (nSPS) is 19.9. The molecule has 2 aromatic carbocycles. The second-order valence-corrected chi connectivity index (χ2v) is 19.4. The highest BCUT2D eigenvalue weighted by Crippen LogP contribution is 2.38. The maximum atomic E-state index is 14.3. The molecule has 0 unspecified atom stereocenters. The number of anilines is 1. The van der Waals surface area contributed by atoms with Crippen molar-refractivity contribution < 1.29 is 18.0 Å². The summed E-state index contributed by atoms with van der Waals surface area (Å²) < 4.78 is 34.6. The fourth-order valence-electron chi connectivity index (χ4n) is 7.85. The maximum absolute atomic E-state index is 14.3. The lowest BCUT2D eigenvalue weighted by Crippen LogP contribution is -2.55. The van der Waals surface area contributed by atoms with E-state index >= 15 is 0 Å². The fourth-order valence-corrected chi connectivity index (χ4v) is 9.95. The highest BCUT2D eigenvalue weighted by molar-refractivity contribution is 7.91. The zero-order valence-corrected chi connectivity index (χ0v) is 32.7. The van der Waals surface area contributed by atoms with Crippen LogP contribution in [0.4, 0.5) is 5.69 Å². The molecule has 1 aromatic heterocycles. The first-order valence-electron chi connectivity index (χ1n) is 18.8. The molecule has 0 spiro atoms. The van der Waals surface area contributed by atoms with Gasteiger partial charge in [0.05, 0.1) is 22.7 Å². The fraction of sp³-hybridized carbons (Fsp3) is 0.615. The monoisotopic (exact) mass is 719 g/mol. The van der Waals surface area contributed by atoms with Crippen molar-refractivity contribution in [3.05, 3.63) is 48.7 Å². The first-order chi connectivity index (χ1) is 23.9. The second kappa shape index (κ2) is 16.0. The number of piperazine rings is 1. The Hall–Kier alpha value is -2.54. The van der Waals surface area contributed by atoms with Crippen LogP contribution in [0.25, 0.3) is 10.9 Å². The van der Waals surface area contributed by atoms with Gasteiger partial charge in [-0.2, -0.15) is 0 Å². The lowest BCUT2D eigenvalue weighted by atomic mass is 9.96. The summed E-state index contributed by atoms with van der Waals surface area (Å²) >= 11 is 0. The summed E-state index contributed by atoms with van der Waals surface area (Å²) in [6.07, 6.45) is 8.50. The van der Waals surface area contributed by atoms with Crippen molar-refractivity contribution in [2.24, 2.45) is 5.41 Å². The largest absolute Gasteiger partial charge is 0.857 e. The number of fused-ring (bicyclic) bond motifs is 1. The molecule has 3 aliphatic rings. The summed E-state index contributed by atoms with van der Waals surface area (Å²) in [5.74, 6) is 0.643.